The monoisotopic (exact) mass is 653 g/mol. The van der Waals surface area contributed by atoms with Gasteiger partial charge in [-0.2, -0.15) is 0 Å². The molecule has 1 aliphatic rings. The fraction of sp³-hybridized carbons (Fsp3) is 0.0208. The quantitative estimate of drug-likeness (QED) is 0.184. The van der Waals surface area contributed by atoms with Gasteiger partial charge in [-0.1, -0.05) is 140 Å². The van der Waals surface area contributed by atoms with Gasteiger partial charge in [-0.3, -0.25) is 4.57 Å². The Morgan fingerprint density at radius 2 is 1.18 bits per heavy atom. The van der Waals surface area contributed by atoms with Crippen LogP contribution in [0.5, 0.6) is 0 Å². The Labute approximate surface area is 298 Å². The molecule has 0 aliphatic carbocycles. The van der Waals surface area contributed by atoms with Crippen molar-refractivity contribution in [3.05, 3.63) is 200 Å². The highest BCUT2D eigenvalue weighted by Crippen LogP contribution is 2.39. The minimum atomic E-state index is 0.772. The number of fused-ring (bicyclic) bond motifs is 4. The van der Waals surface area contributed by atoms with E-state index in [9.17, 15) is 0 Å². The van der Waals surface area contributed by atoms with Crippen LogP contribution in [-0.4, -0.2) is 16.1 Å². The number of allylic oxidation sites excluding steroid dienone is 4. The van der Waals surface area contributed by atoms with E-state index in [0.29, 0.717) is 0 Å². The van der Waals surface area contributed by atoms with Gasteiger partial charge in [0.25, 0.3) is 0 Å². The summed E-state index contributed by atoms with van der Waals surface area (Å²) in [5, 5.41) is 2.39. The first kappa shape index (κ1) is 30.4. The Hall–Kier alpha value is -6.71. The molecule has 0 atom stereocenters. The predicted molar refractivity (Wildman–Crippen MR) is 216 cm³/mol. The predicted octanol–water partition coefficient (Wildman–Crippen LogP) is 12.5. The molecule has 0 bridgehead atoms. The van der Waals surface area contributed by atoms with Crippen LogP contribution in [-0.2, 0) is 0 Å². The topological polar surface area (TPSA) is 21.1 Å². The smallest absolute Gasteiger partial charge is 0.138 e. The van der Waals surface area contributed by atoms with Crippen LogP contribution >= 0.6 is 0 Å². The van der Waals surface area contributed by atoms with Gasteiger partial charge in [-0.25, -0.2) is 4.98 Å². The summed E-state index contributed by atoms with van der Waals surface area (Å²) in [7, 11) is 0. The molecule has 0 unspecified atom stereocenters. The van der Waals surface area contributed by atoms with Crippen molar-refractivity contribution >= 4 is 38.8 Å². The number of hydrogen-bond donors (Lipinski definition) is 0. The van der Waals surface area contributed by atoms with Crippen molar-refractivity contribution in [2.45, 2.75) is 0 Å². The Morgan fingerprint density at radius 1 is 0.510 bits per heavy atom. The van der Waals surface area contributed by atoms with Crippen LogP contribution in [0.25, 0.3) is 66.7 Å². The van der Waals surface area contributed by atoms with Crippen molar-refractivity contribution < 1.29 is 0 Å². The second kappa shape index (κ2) is 13.0. The summed E-state index contributed by atoms with van der Waals surface area (Å²) < 4.78 is 2.29. The standard InChI is InChI=1S/C48H35N3/c1-34-14-5-4-12-31-50(40-17-8-3-9-18-40)45-29-27-38(32-42(34)45)39-28-30-47-43(33-39)41-19-10-11-21-46(41)51(47)48-22-13-20-44(49-48)37-25-23-36(24-26-37)35-15-6-2-7-16-35/h2-30,32-33H,1,31H2/b12-4-,14-5-. The van der Waals surface area contributed by atoms with E-state index in [0.717, 1.165) is 68.3 Å². The van der Waals surface area contributed by atoms with Gasteiger partial charge in [0.2, 0.25) is 0 Å². The molecule has 0 N–H and O–H groups in total. The molecule has 3 heteroatoms. The molecule has 3 heterocycles. The van der Waals surface area contributed by atoms with Crippen LogP contribution in [0.15, 0.2) is 195 Å². The average molecular weight is 654 g/mol. The van der Waals surface area contributed by atoms with Gasteiger partial charge in [0.15, 0.2) is 0 Å². The van der Waals surface area contributed by atoms with Gasteiger partial charge >= 0.3 is 0 Å². The van der Waals surface area contributed by atoms with Gasteiger partial charge < -0.3 is 4.90 Å². The van der Waals surface area contributed by atoms with Crippen molar-refractivity contribution in [2.24, 2.45) is 0 Å². The Morgan fingerprint density at radius 3 is 2.02 bits per heavy atom. The van der Waals surface area contributed by atoms with Crippen LogP contribution in [0.1, 0.15) is 5.56 Å². The molecule has 0 saturated carbocycles. The Balaban J connectivity index is 1.12. The number of anilines is 2. The lowest BCUT2D eigenvalue weighted by atomic mass is 9.96. The third kappa shape index (κ3) is 5.65. The molecule has 2 aromatic heterocycles. The number of pyridine rings is 1. The molecule has 6 aromatic carbocycles. The van der Waals surface area contributed by atoms with Crippen LogP contribution in [0, 0.1) is 0 Å². The van der Waals surface area contributed by atoms with E-state index in [-0.39, 0.29) is 0 Å². The van der Waals surface area contributed by atoms with E-state index < -0.39 is 0 Å². The fourth-order valence-corrected chi connectivity index (χ4v) is 7.24. The SMILES string of the molecule is C=C1/C=C\C=C/CN(c2ccccc2)c2ccc(-c3ccc4c(c3)c3ccccc3n4-c3cccc(-c4ccc(-c5ccccc5)cc4)n3)cc21. The molecular formula is C48H35N3. The second-order valence-electron chi connectivity index (χ2n) is 12.9. The normalized spacial score (nSPS) is 14.1. The van der Waals surface area contributed by atoms with E-state index in [2.05, 4.69) is 198 Å². The first-order valence-corrected chi connectivity index (χ1v) is 17.4. The van der Waals surface area contributed by atoms with Crippen LogP contribution in [0.4, 0.5) is 11.4 Å². The Kier molecular flexibility index (Phi) is 7.71. The van der Waals surface area contributed by atoms with Crippen LogP contribution < -0.4 is 4.90 Å². The molecule has 9 rings (SSSR count). The summed E-state index contributed by atoms with van der Waals surface area (Å²) in [5.41, 5.74) is 13.4. The highest BCUT2D eigenvalue weighted by Gasteiger charge is 2.18. The number of hydrogen-bond acceptors (Lipinski definition) is 2. The molecule has 242 valence electrons. The van der Waals surface area contributed by atoms with Crippen molar-refractivity contribution in [3.63, 3.8) is 0 Å². The second-order valence-corrected chi connectivity index (χ2v) is 12.9. The molecule has 3 nitrogen and oxygen atoms in total. The molecule has 8 aromatic rings. The van der Waals surface area contributed by atoms with Crippen molar-refractivity contribution in [2.75, 3.05) is 11.4 Å². The molecule has 0 saturated heterocycles. The van der Waals surface area contributed by atoms with E-state index >= 15 is 0 Å². The maximum Gasteiger partial charge on any atom is 0.138 e. The highest BCUT2D eigenvalue weighted by atomic mass is 15.1. The van der Waals surface area contributed by atoms with Crippen molar-refractivity contribution in [1.29, 1.82) is 0 Å². The average Bonchev–Trinajstić information content (AvgIpc) is 3.56. The van der Waals surface area contributed by atoms with Crippen molar-refractivity contribution in [1.82, 2.24) is 9.55 Å². The summed E-state index contributed by atoms with van der Waals surface area (Å²) in [6.07, 6.45) is 8.47. The third-order valence-corrected chi connectivity index (χ3v) is 9.79. The summed E-state index contributed by atoms with van der Waals surface area (Å²) in [5.74, 6) is 0.897. The zero-order chi connectivity index (χ0) is 34.1. The van der Waals surface area contributed by atoms with Gasteiger partial charge in [0.05, 0.1) is 16.7 Å². The summed E-state index contributed by atoms with van der Waals surface area (Å²) in [4.78, 5) is 7.57. The van der Waals surface area contributed by atoms with Gasteiger partial charge in [0, 0.05) is 39.8 Å². The molecule has 51 heavy (non-hydrogen) atoms. The maximum atomic E-state index is 5.22. The first-order chi connectivity index (χ1) is 25.2. The summed E-state index contributed by atoms with van der Waals surface area (Å²) >= 11 is 0. The highest BCUT2D eigenvalue weighted by molar-refractivity contribution is 6.10. The van der Waals surface area contributed by atoms with Gasteiger partial charge in [-0.15, -0.1) is 0 Å². The van der Waals surface area contributed by atoms with Gasteiger partial charge in [-0.05, 0) is 82.4 Å². The Bertz CT molecular complexity index is 2610. The lowest BCUT2D eigenvalue weighted by Crippen LogP contribution is -2.18. The zero-order valence-corrected chi connectivity index (χ0v) is 28.2. The van der Waals surface area contributed by atoms with Crippen LogP contribution in [0.2, 0.25) is 0 Å². The number of nitrogens with zero attached hydrogens (tertiary/aromatic N) is 3. The summed E-state index contributed by atoms with van der Waals surface area (Å²) in [6, 6.07) is 58.2. The fourth-order valence-electron chi connectivity index (χ4n) is 7.24. The minimum absolute atomic E-state index is 0.772. The third-order valence-electron chi connectivity index (χ3n) is 9.79. The summed E-state index contributed by atoms with van der Waals surface area (Å²) in [6.45, 7) is 5.25. The number of rotatable bonds is 5. The number of benzene rings is 6. The largest absolute Gasteiger partial charge is 0.337 e. The van der Waals surface area contributed by atoms with E-state index in [1.165, 1.54) is 21.9 Å². The minimum Gasteiger partial charge on any atom is -0.337 e. The molecule has 0 amide bonds. The first-order valence-electron chi connectivity index (χ1n) is 17.4. The molecule has 0 spiro atoms. The maximum absolute atomic E-state index is 5.22. The molecule has 0 radical (unpaired) electrons. The molecule has 1 aliphatic heterocycles. The number of para-hydroxylation sites is 2. The van der Waals surface area contributed by atoms with Crippen LogP contribution in [0.3, 0.4) is 0 Å². The van der Waals surface area contributed by atoms with E-state index in [1.807, 2.05) is 6.07 Å². The van der Waals surface area contributed by atoms with Crippen molar-refractivity contribution in [3.8, 4) is 39.3 Å². The van der Waals surface area contributed by atoms with E-state index in [4.69, 9.17) is 4.98 Å². The lowest BCUT2D eigenvalue weighted by molar-refractivity contribution is 1.08. The molecule has 0 fully saturated rings. The lowest BCUT2D eigenvalue weighted by Gasteiger charge is -2.27. The van der Waals surface area contributed by atoms with E-state index in [1.54, 1.807) is 0 Å². The number of aromatic nitrogens is 2. The van der Waals surface area contributed by atoms with Gasteiger partial charge in [0.1, 0.15) is 5.82 Å². The molecular weight excluding hydrogens is 619 g/mol. The zero-order valence-electron chi connectivity index (χ0n) is 28.2.